The molecule has 1 aliphatic rings. The molecule has 8 nitrogen and oxygen atoms in total. The predicted octanol–water partition coefficient (Wildman–Crippen LogP) is -2.55. The second-order valence-corrected chi connectivity index (χ2v) is 4.12. The van der Waals surface area contributed by atoms with Crippen LogP contribution in [0.2, 0.25) is 0 Å². The first-order chi connectivity index (χ1) is 8.35. The van der Waals surface area contributed by atoms with Crippen LogP contribution in [0, 0.1) is 0 Å². The molecular weight excluding hydrogens is 248 g/mol. The minimum Gasteiger partial charge on any atom is -0.406 e. The summed E-state index contributed by atoms with van der Waals surface area (Å²) in [5.41, 5.74) is 0. The Bertz CT molecular complexity index is 294. The molecule has 1 fully saturated rings. The Hall–Kier alpha value is -0.770. The summed E-state index contributed by atoms with van der Waals surface area (Å²) < 4.78 is 9.28. The average Bonchev–Trinajstić information content (AvgIpc) is 2.32. The molecule has 0 aromatic heterocycles. The Morgan fingerprint density at radius 3 is 2.44 bits per heavy atom. The maximum absolute atomic E-state index is 11.3. The van der Waals surface area contributed by atoms with Crippen LogP contribution in [0.5, 0.6) is 0 Å². The third-order valence-corrected chi connectivity index (χ3v) is 2.64. The Balaban J connectivity index is 2.81. The first-order valence-electron chi connectivity index (χ1n) is 5.62. The van der Waals surface area contributed by atoms with Gasteiger partial charge in [0.1, 0.15) is 18.3 Å². The lowest BCUT2D eigenvalue weighted by molar-refractivity contribution is -0.434. The summed E-state index contributed by atoms with van der Waals surface area (Å²) in [6, 6.07) is 0. The molecule has 8 heteroatoms. The minimum absolute atomic E-state index is 0.0131. The predicted molar refractivity (Wildman–Crippen MR) is 55.9 cm³/mol. The monoisotopic (exact) mass is 266 g/mol. The molecule has 0 spiro atoms. The van der Waals surface area contributed by atoms with E-state index in [9.17, 15) is 25.2 Å². The Kier molecular flexibility index (Phi) is 5.02. The summed E-state index contributed by atoms with van der Waals surface area (Å²) in [7, 11) is 0. The van der Waals surface area contributed by atoms with Gasteiger partial charge >= 0.3 is 11.9 Å². The summed E-state index contributed by atoms with van der Waals surface area (Å²) >= 11 is 0. The molecule has 5 unspecified atom stereocenters. The quantitative estimate of drug-likeness (QED) is 0.277. The molecule has 0 radical (unpaired) electrons. The zero-order valence-electron chi connectivity index (χ0n) is 9.89. The molecule has 0 saturated carbocycles. The van der Waals surface area contributed by atoms with Crippen molar-refractivity contribution in [3.63, 3.8) is 0 Å². The number of ether oxygens (including phenoxy) is 2. The molecule has 1 rings (SSSR count). The van der Waals surface area contributed by atoms with E-state index in [0.29, 0.717) is 6.42 Å². The lowest BCUT2D eigenvalue weighted by Gasteiger charge is -2.43. The van der Waals surface area contributed by atoms with E-state index in [1.807, 2.05) is 0 Å². The van der Waals surface area contributed by atoms with Gasteiger partial charge in [-0.15, -0.1) is 0 Å². The van der Waals surface area contributed by atoms with E-state index in [4.69, 9.17) is 9.84 Å². The van der Waals surface area contributed by atoms with Crippen molar-refractivity contribution < 1.29 is 39.8 Å². The molecule has 0 aromatic rings. The summed E-state index contributed by atoms with van der Waals surface area (Å²) in [5, 5.41) is 47.2. The zero-order chi connectivity index (χ0) is 13.9. The fourth-order valence-electron chi connectivity index (χ4n) is 1.63. The van der Waals surface area contributed by atoms with Crippen molar-refractivity contribution in [2.24, 2.45) is 0 Å². The van der Waals surface area contributed by atoms with Gasteiger partial charge in [0.05, 0.1) is 6.61 Å². The standard InChI is InChI=1S/C10H18O8/c1-2-3-6(12)18-10(16)9(15)8(14)7(13)5(4-11)17-10/h5,7-9,11,13-16H,2-4H2,1H3. The summed E-state index contributed by atoms with van der Waals surface area (Å²) in [4.78, 5) is 11.3. The van der Waals surface area contributed by atoms with Gasteiger partial charge < -0.3 is 35.0 Å². The molecule has 1 aliphatic heterocycles. The highest BCUT2D eigenvalue weighted by Crippen LogP contribution is 2.29. The van der Waals surface area contributed by atoms with Crippen LogP contribution >= 0.6 is 0 Å². The van der Waals surface area contributed by atoms with Crippen molar-refractivity contribution in [3.05, 3.63) is 0 Å². The van der Waals surface area contributed by atoms with Crippen molar-refractivity contribution in [1.82, 2.24) is 0 Å². The summed E-state index contributed by atoms with van der Waals surface area (Å²) in [6.45, 7) is 0.983. The summed E-state index contributed by atoms with van der Waals surface area (Å²) in [6.07, 6.45) is -6.37. The Morgan fingerprint density at radius 1 is 1.33 bits per heavy atom. The van der Waals surface area contributed by atoms with Gasteiger partial charge in [-0.2, -0.15) is 0 Å². The largest absolute Gasteiger partial charge is 0.406 e. The van der Waals surface area contributed by atoms with Crippen molar-refractivity contribution in [2.45, 2.75) is 50.2 Å². The van der Waals surface area contributed by atoms with Crippen molar-refractivity contribution in [1.29, 1.82) is 0 Å². The smallest absolute Gasteiger partial charge is 0.357 e. The maximum atomic E-state index is 11.3. The molecule has 5 atom stereocenters. The number of hydrogen-bond acceptors (Lipinski definition) is 8. The van der Waals surface area contributed by atoms with Crippen LogP contribution in [0.4, 0.5) is 0 Å². The molecule has 18 heavy (non-hydrogen) atoms. The minimum atomic E-state index is -2.78. The van der Waals surface area contributed by atoms with Crippen LogP contribution in [0.1, 0.15) is 19.8 Å². The highest BCUT2D eigenvalue weighted by Gasteiger charge is 2.55. The second kappa shape index (κ2) is 5.91. The topological polar surface area (TPSA) is 137 Å². The number of aliphatic hydroxyl groups excluding tert-OH is 4. The van der Waals surface area contributed by atoms with E-state index in [0.717, 1.165) is 0 Å². The van der Waals surface area contributed by atoms with E-state index in [1.165, 1.54) is 0 Å². The molecule has 5 N–H and O–H groups in total. The summed E-state index contributed by atoms with van der Waals surface area (Å²) in [5.74, 6) is -3.61. The first-order valence-corrected chi connectivity index (χ1v) is 5.62. The van der Waals surface area contributed by atoms with E-state index < -0.39 is 43.0 Å². The van der Waals surface area contributed by atoms with E-state index in [-0.39, 0.29) is 6.42 Å². The number of carbonyl (C=O) groups is 1. The van der Waals surface area contributed by atoms with Crippen LogP contribution in [0.3, 0.4) is 0 Å². The maximum Gasteiger partial charge on any atom is 0.357 e. The van der Waals surface area contributed by atoms with Gasteiger partial charge in [0.25, 0.3) is 0 Å². The van der Waals surface area contributed by atoms with Gasteiger partial charge in [-0.25, -0.2) is 0 Å². The van der Waals surface area contributed by atoms with Gasteiger partial charge in [0.15, 0.2) is 6.10 Å². The average molecular weight is 266 g/mol. The van der Waals surface area contributed by atoms with Crippen LogP contribution in [0.15, 0.2) is 0 Å². The molecule has 0 aromatic carbocycles. The fraction of sp³-hybridized carbons (Fsp3) is 0.900. The highest BCUT2D eigenvalue weighted by molar-refractivity contribution is 5.69. The third kappa shape index (κ3) is 2.97. The molecule has 0 bridgehead atoms. The van der Waals surface area contributed by atoms with Crippen LogP contribution in [-0.2, 0) is 14.3 Å². The number of carbonyl (C=O) groups excluding carboxylic acids is 1. The Morgan fingerprint density at radius 2 is 1.94 bits per heavy atom. The normalized spacial score (nSPS) is 40.6. The van der Waals surface area contributed by atoms with E-state index in [1.54, 1.807) is 6.92 Å². The van der Waals surface area contributed by atoms with Gasteiger partial charge in [0, 0.05) is 6.42 Å². The second-order valence-electron chi connectivity index (χ2n) is 4.12. The number of hydrogen-bond donors (Lipinski definition) is 5. The van der Waals surface area contributed by atoms with Crippen LogP contribution in [0.25, 0.3) is 0 Å². The van der Waals surface area contributed by atoms with Gasteiger partial charge in [-0.3, -0.25) is 4.79 Å². The Labute approximate surface area is 103 Å². The molecule has 1 heterocycles. The molecule has 0 aliphatic carbocycles. The van der Waals surface area contributed by atoms with Crippen molar-refractivity contribution in [2.75, 3.05) is 6.61 Å². The molecule has 106 valence electrons. The number of aliphatic hydroxyl groups is 5. The van der Waals surface area contributed by atoms with Crippen molar-refractivity contribution >= 4 is 5.97 Å². The first kappa shape index (κ1) is 15.3. The van der Waals surface area contributed by atoms with E-state index >= 15 is 0 Å². The number of rotatable bonds is 4. The highest BCUT2D eigenvalue weighted by atomic mass is 16.8. The van der Waals surface area contributed by atoms with Gasteiger partial charge in [-0.05, 0) is 6.42 Å². The molecular formula is C10H18O8. The molecule has 1 saturated heterocycles. The van der Waals surface area contributed by atoms with Crippen LogP contribution in [-0.4, -0.2) is 68.5 Å². The number of esters is 1. The molecule has 0 amide bonds. The lowest BCUT2D eigenvalue weighted by atomic mass is 9.98. The lowest BCUT2D eigenvalue weighted by Crippen LogP contribution is -2.66. The van der Waals surface area contributed by atoms with Crippen molar-refractivity contribution in [3.8, 4) is 0 Å². The third-order valence-electron chi connectivity index (χ3n) is 2.64. The van der Waals surface area contributed by atoms with Crippen LogP contribution < -0.4 is 0 Å². The van der Waals surface area contributed by atoms with Gasteiger partial charge in [0.2, 0.25) is 0 Å². The zero-order valence-corrected chi connectivity index (χ0v) is 9.89. The van der Waals surface area contributed by atoms with E-state index in [2.05, 4.69) is 4.74 Å². The SMILES string of the molecule is CCCC(=O)OC1(O)OC(CO)C(O)C(O)C1O. The van der Waals surface area contributed by atoms with Gasteiger partial charge in [-0.1, -0.05) is 6.92 Å². The fourth-order valence-corrected chi connectivity index (χ4v) is 1.63.